The number of carbonyl (C=O) groups excluding carboxylic acids is 1. The van der Waals surface area contributed by atoms with Crippen LogP contribution in [0.2, 0.25) is 0 Å². The molecule has 1 fully saturated rings. The molecule has 1 unspecified atom stereocenters. The summed E-state index contributed by atoms with van der Waals surface area (Å²) >= 11 is 0. The number of piperazine rings is 1. The molecule has 7 heteroatoms. The van der Waals surface area contributed by atoms with E-state index in [1.165, 1.54) is 0 Å². The Morgan fingerprint density at radius 3 is 2.61 bits per heavy atom. The normalized spacial score (nSPS) is 18.2. The van der Waals surface area contributed by atoms with Gasteiger partial charge in [0.2, 0.25) is 11.9 Å². The van der Waals surface area contributed by atoms with E-state index in [1.807, 2.05) is 18.2 Å². The lowest BCUT2D eigenvalue weighted by molar-refractivity contribution is -0.116. The maximum absolute atomic E-state index is 11.7. The minimum Gasteiger partial charge on any atom is -0.388 e. The third-order valence-corrected chi connectivity index (χ3v) is 5.69. The number of hydrogen-bond acceptors (Lipinski definition) is 6. The second kappa shape index (κ2) is 8.24. The molecule has 0 bridgehead atoms. The molecule has 0 aliphatic carbocycles. The van der Waals surface area contributed by atoms with Crippen molar-refractivity contribution in [2.45, 2.75) is 25.9 Å². The van der Waals surface area contributed by atoms with Crippen LogP contribution < -0.4 is 9.80 Å². The van der Waals surface area contributed by atoms with E-state index in [9.17, 15) is 9.90 Å². The average molecular weight is 381 g/mol. The number of amides is 1. The summed E-state index contributed by atoms with van der Waals surface area (Å²) in [4.78, 5) is 26.7. The van der Waals surface area contributed by atoms with E-state index in [0.29, 0.717) is 6.42 Å². The van der Waals surface area contributed by atoms with Gasteiger partial charge in [0.25, 0.3) is 0 Å². The van der Waals surface area contributed by atoms with Crippen LogP contribution in [0.3, 0.4) is 0 Å². The molecule has 0 saturated carbocycles. The molecule has 1 saturated heterocycles. The van der Waals surface area contributed by atoms with Gasteiger partial charge >= 0.3 is 0 Å². The SMILES string of the molecule is CC(=O)N1CCc2cc(C(O)CCN3CCN(c4ncccn4)CC3)ccc21. The van der Waals surface area contributed by atoms with Crippen molar-refractivity contribution < 1.29 is 9.90 Å². The highest BCUT2D eigenvalue weighted by Crippen LogP contribution is 2.31. The first-order chi connectivity index (χ1) is 13.6. The van der Waals surface area contributed by atoms with Crippen molar-refractivity contribution in [3.63, 3.8) is 0 Å². The number of hydrogen-bond donors (Lipinski definition) is 1. The topological polar surface area (TPSA) is 72.8 Å². The first kappa shape index (κ1) is 18.8. The molecular weight excluding hydrogens is 354 g/mol. The predicted octanol–water partition coefficient (Wildman–Crippen LogP) is 1.63. The van der Waals surface area contributed by atoms with Gasteiger partial charge in [0, 0.05) is 64.3 Å². The number of carbonyl (C=O) groups is 1. The molecule has 1 atom stereocenters. The van der Waals surface area contributed by atoms with Crippen molar-refractivity contribution in [3.8, 4) is 0 Å². The lowest BCUT2D eigenvalue weighted by Crippen LogP contribution is -2.47. The average Bonchev–Trinajstić information content (AvgIpc) is 3.16. The number of fused-ring (bicyclic) bond motifs is 1. The van der Waals surface area contributed by atoms with Gasteiger partial charge in [-0.1, -0.05) is 12.1 Å². The molecule has 0 spiro atoms. The smallest absolute Gasteiger partial charge is 0.225 e. The largest absolute Gasteiger partial charge is 0.388 e. The maximum Gasteiger partial charge on any atom is 0.225 e. The zero-order valence-electron chi connectivity index (χ0n) is 16.3. The van der Waals surface area contributed by atoms with E-state index in [0.717, 1.165) is 68.5 Å². The number of anilines is 2. The van der Waals surface area contributed by atoms with Crippen molar-refractivity contribution in [2.24, 2.45) is 0 Å². The molecule has 1 aromatic heterocycles. The van der Waals surface area contributed by atoms with Gasteiger partial charge in [0.1, 0.15) is 0 Å². The van der Waals surface area contributed by atoms with Gasteiger partial charge in [0.15, 0.2) is 0 Å². The summed E-state index contributed by atoms with van der Waals surface area (Å²) < 4.78 is 0. The molecule has 148 valence electrons. The number of aliphatic hydroxyl groups excluding tert-OH is 1. The van der Waals surface area contributed by atoms with Crippen LogP contribution in [-0.4, -0.2) is 65.2 Å². The molecule has 4 rings (SSSR count). The number of nitrogens with zero attached hydrogens (tertiary/aromatic N) is 5. The third kappa shape index (κ3) is 4.00. The number of aliphatic hydroxyl groups is 1. The van der Waals surface area contributed by atoms with E-state index in [2.05, 4.69) is 25.8 Å². The zero-order valence-corrected chi connectivity index (χ0v) is 16.3. The number of benzene rings is 1. The molecule has 3 heterocycles. The molecule has 2 aromatic rings. The molecule has 1 amide bonds. The van der Waals surface area contributed by atoms with Crippen LogP contribution in [0, 0.1) is 0 Å². The highest BCUT2D eigenvalue weighted by molar-refractivity contribution is 5.93. The molecular formula is C21H27N5O2. The van der Waals surface area contributed by atoms with Crippen molar-refractivity contribution >= 4 is 17.5 Å². The second-order valence-corrected chi connectivity index (χ2v) is 7.49. The summed E-state index contributed by atoms with van der Waals surface area (Å²) in [6.45, 7) is 6.90. The molecule has 2 aliphatic rings. The minimum atomic E-state index is -0.479. The van der Waals surface area contributed by atoms with Gasteiger partial charge in [-0.3, -0.25) is 9.69 Å². The zero-order chi connectivity index (χ0) is 19.5. The summed E-state index contributed by atoms with van der Waals surface area (Å²) in [6.07, 6.45) is 4.64. The first-order valence-electron chi connectivity index (χ1n) is 9.95. The third-order valence-electron chi connectivity index (χ3n) is 5.69. The highest BCUT2D eigenvalue weighted by atomic mass is 16.3. The summed E-state index contributed by atoms with van der Waals surface area (Å²) in [6, 6.07) is 7.82. The molecule has 2 aliphatic heterocycles. The van der Waals surface area contributed by atoms with E-state index in [4.69, 9.17) is 0 Å². The van der Waals surface area contributed by atoms with E-state index in [-0.39, 0.29) is 5.91 Å². The molecule has 1 N–H and O–H groups in total. The Kier molecular flexibility index (Phi) is 5.54. The maximum atomic E-state index is 11.7. The predicted molar refractivity (Wildman–Crippen MR) is 108 cm³/mol. The van der Waals surface area contributed by atoms with Gasteiger partial charge in [-0.2, -0.15) is 0 Å². The highest BCUT2D eigenvalue weighted by Gasteiger charge is 2.24. The Morgan fingerprint density at radius 1 is 1.14 bits per heavy atom. The van der Waals surface area contributed by atoms with Crippen LogP contribution >= 0.6 is 0 Å². The van der Waals surface area contributed by atoms with Crippen LogP contribution in [0.25, 0.3) is 0 Å². The summed E-state index contributed by atoms with van der Waals surface area (Å²) in [5.74, 6) is 0.868. The standard InChI is InChI=1S/C21H27N5O2/c1-16(27)26-10-5-17-15-18(3-4-19(17)26)20(28)6-9-24-11-13-25(14-12-24)21-22-7-2-8-23-21/h2-4,7-8,15,20,28H,5-6,9-14H2,1H3. The monoisotopic (exact) mass is 381 g/mol. The Bertz CT molecular complexity index is 821. The number of rotatable bonds is 5. The Morgan fingerprint density at radius 2 is 1.89 bits per heavy atom. The second-order valence-electron chi connectivity index (χ2n) is 7.49. The lowest BCUT2D eigenvalue weighted by atomic mass is 10.0. The van der Waals surface area contributed by atoms with Crippen LogP contribution in [0.5, 0.6) is 0 Å². The fraction of sp³-hybridized carbons (Fsp3) is 0.476. The van der Waals surface area contributed by atoms with E-state index >= 15 is 0 Å². The van der Waals surface area contributed by atoms with Gasteiger partial charge in [-0.25, -0.2) is 9.97 Å². The summed E-state index contributed by atoms with van der Waals surface area (Å²) in [5.41, 5.74) is 3.09. The van der Waals surface area contributed by atoms with Crippen molar-refractivity contribution in [1.82, 2.24) is 14.9 Å². The quantitative estimate of drug-likeness (QED) is 0.849. The van der Waals surface area contributed by atoms with Crippen molar-refractivity contribution in [3.05, 3.63) is 47.8 Å². The summed E-state index contributed by atoms with van der Waals surface area (Å²) in [7, 11) is 0. The number of aromatic nitrogens is 2. The Labute approximate surface area is 165 Å². The first-order valence-corrected chi connectivity index (χ1v) is 9.95. The molecule has 28 heavy (non-hydrogen) atoms. The van der Waals surface area contributed by atoms with Crippen molar-refractivity contribution in [2.75, 3.05) is 49.1 Å². The molecule has 1 aromatic carbocycles. The van der Waals surface area contributed by atoms with Gasteiger partial charge in [-0.05, 0) is 36.1 Å². The van der Waals surface area contributed by atoms with Gasteiger partial charge in [-0.15, -0.1) is 0 Å². The lowest BCUT2D eigenvalue weighted by Gasteiger charge is -2.35. The van der Waals surface area contributed by atoms with Gasteiger partial charge < -0.3 is 14.9 Å². The van der Waals surface area contributed by atoms with E-state index < -0.39 is 6.10 Å². The Hall–Kier alpha value is -2.51. The fourth-order valence-corrected chi connectivity index (χ4v) is 4.05. The van der Waals surface area contributed by atoms with Crippen LogP contribution in [0.1, 0.15) is 30.6 Å². The van der Waals surface area contributed by atoms with Crippen LogP contribution in [-0.2, 0) is 11.2 Å². The summed E-state index contributed by atoms with van der Waals surface area (Å²) in [5, 5.41) is 10.6. The minimum absolute atomic E-state index is 0.0760. The van der Waals surface area contributed by atoms with E-state index in [1.54, 1.807) is 24.2 Å². The van der Waals surface area contributed by atoms with Crippen molar-refractivity contribution in [1.29, 1.82) is 0 Å². The van der Waals surface area contributed by atoms with Crippen LogP contribution in [0.15, 0.2) is 36.7 Å². The Balaban J connectivity index is 1.28. The molecule has 7 nitrogen and oxygen atoms in total. The molecule has 0 radical (unpaired) electrons. The van der Waals surface area contributed by atoms with Gasteiger partial charge in [0.05, 0.1) is 6.10 Å². The fourth-order valence-electron chi connectivity index (χ4n) is 4.05. The van der Waals surface area contributed by atoms with Crippen LogP contribution in [0.4, 0.5) is 11.6 Å².